The molecule has 3 nitrogen and oxygen atoms in total. The second-order valence-corrected chi connectivity index (χ2v) is 4.53. The van der Waals surface area contributed by atoms with E-state index in [-0.39, 0.29) is 7.48 Å². The van der Waals surface area contributed by atoms with Gasteiger partial charge >= 0.3 is 13.5 Å². The van der Waals surface area contributed by atoms with Crippen molar-refractivity contribution in [2.45, 2.75) is 0 Å². The van der Waals surface area contributed by atoms with Crippen molar-refractivity contribution in [3.8, 4) is 10.4 Å². The molecule has 0 radical (unpaired) electrons. The molecule has 0 fully saturated rings. The first kappa shape index (κ1) is 11.9. The third-order valence-corrected chi connectivity index (χ3v) is 3.61. The molecule has 1 aromatic carbocycles. The molecule has 2 rings (SSSR count). The second kappa shape index (κ2) is 5.16. The van der Waals surface area contributed by atoms with Crippen LogP contribution in [0.5, 0.6) is 0 Å². The van der Waals surface area contributed by atoms with Crippen molar-refractivity contribution < 1.29 is 14.6 Å². The smallest absolute Gasteiger partial charge is 0.347 e. The zero-order chi connectivity index (χ0) is 12.3. The highest BCUT2D eigenvalue weighted by Gasteiger charge is 2.17. The molecule has 0 saturated carbocycles. The van der Waals surface area contributed by atoms with E-state index in [2.05, 4.69) is 4.74 Å². The Kier molecular flexibility index (Phi) is 3.61. The molecule has 0 saturated heterocycles. The van der Waals surface area contributed by atoms with E-state index < -0.39 is 5.97 Å². The number of thiophene rings is 1. The standard InChI is InChI=1S/C12H11BO3S/c1-16-12(14)11-9(13-15)7-10(17-11)8-5-3-2-4-6-8/h2-7,13,15H,1H3. The lowest BCUT2D eigenvalue weighted by atomic mass is 9.88. The van der Waals surface area contributed by atoms with Crippen LogP contribution >= 0.6 is 11.3 Å². The number of rotatable bonds is 3. The van der Waals surface area contributed by atoms with Gasteiger partial charge in [-0.15, -0.1) is 11.3 Å². The largest absolute Gasteiger partial charge is 0.465 e. The van der Waals surface area contributed by atoms with Crippen molar-refractivity contribution in [3.63, 3.8) is 0 Å². The third-order valence-electron chi connectivity index (χ3n) is 2.41. The molecule has 1 aromatic heterocycles. The molecule has 1 N–H and O–H groups in total. The molecule has 0 spiro atoms. The molecule has 0 atom stereocenters. The van der Waals surface area contributed by atoms with Gasteiger partial charge in [-0.05, 0) is 17.1 Å². The molecule has 0 amide bonds. The fourth-order valence-electron chi connectivity index (χ4n) is 1.56. The first-order valence-electron chi connectivity index (χ1n) is 5.13. The average molecular weight is 246 g/mol. The molecule has 0 unspecified atom stereocenters. The van der Waals surface area contributed by atoms with Crippen LogP contribution in [-0.4, -0.2) is 25.6 Å². The van der Waals surface area contributed by atoms with Crippen LogP contribution in [0, 0.1) is 0 Å². The number of ether oxygens (including phenoxy) is 1. The molecular weight excluding hydrogens is 235 g/mol. The quantitative estimate of drug-likeness (QED) is 0.653. The van der Waals surface area contributed by atoms with Crippen molar-refractivity contribution in [3.05, 3.63) is 41.3 Å². The number of carbonyl (C=O) groups is 1. The fraction of sp³-hybridized carbons (Fsp3) is 0.0833. The second-order valence-electron chi connectivity index (χ2n) is 3.48. The molecule has 5 heteroatoms. The van der Waals surface area contributed by atoms with E-state index >= 15 is 0 Å². The number of carbonyl (C=O) groups excluding carboxylic acids is 1. The number of benzene rings is 1. The minimum atomic E-state index is -0.402. The van der Waals surface area contributed by atoms with Crippen LogP contribution in [0.4, 0.5) is 0 Å². The first-order chi connectivity index (χ1) is 8.26. The highest BCUT2D eigenvalue weighted by Crippen LogP contribution is 2.26. The molecular formula is C12H11BO3S. The number of esters is 1. The van der Waals surface area contributed by atoms with E-state index in [9.17, 15) is 9.82 Å². The maximum Gasteiger partial charge on any atom is 0.347 e. The summed E-state index contributed by atoms with van der Waals surface area (Å²) < 4.78 is 4.69. The van der Waals surface area contributed by atoms with Gasteiger partial charge in [0.05, 0.1) is 7.11 Å². The van der Waals surface area contributed by atoms with Crippen molar-refractivity contribution in [2.24, 2.45) is 0 Å². The normalized spacial score (nSPS) is 10.0. The molecule has 0 aliphatic heterocycles. The van der Waals surface area contributed by atoms with Gasteiger partial charge in [-0.25, -0.2) is 4.79 Å². The van der Waals surface area contributed by atoms with Gasteiger partial charge in [0.25, 0.3) is 0 Å². The summed E-state index contributed by atoms with van der Waals surface area (Å²) in [5, 5.41) is 9.22. The van der Waals surface area contributed by atoms with Gasteiger partial charge in [-0.3, -0.25) is 0 Å². The van der Waals surface area contributed by atoms with Crippen LogP contribution in [0.25, 0.3) is 10.4 Å². The topological polar surface area (TPSA) is 46.5 Å². The van der Waals surface area contributed by atoms with E-state index in [1.54, 1.807) is 0 Å². The Bertz CT molecular complexity index is 522. The molecule has 2 aromatic rings. The highest BCUT2D eigenvalue weighted by atomic mass is 32.1. The molecule has 1 heterocycles. The number of hydrogen-bond donors (Lipinski definition) is 1. The highest BCUT2D eigenvalue weighted by molar-refractivity contribution is 7.18. The van der Waals surface area contributed by atoms with Crippen LogP contribution in [0.2, 0.25) is 0 Å². The summed E-state index contributed by atoms with van der Waals surface area (Å²) in [6.45, 7) is 0. The summed E-state index contributed by atoms with van der Waals surface area (Å²) in [5.74, 6) is -0.402. The van der Waals surface area contributed by atoms with Crippen LogP contribution in [0.1, 0.15) is 9.67 Å². The summed E-state index contributed by atoms with van der Waals surface area (Å²) in [7, 11) is 1.18. The van der Waals surface area contributed by atoms with Crippen LogP contribution in [0.15, 0.2) is 36.4 Å². The summed E-state index contributed by atoms with van der Waals surface area (Å²) >= 11 is 1.34. The molecule has 0 aliphatic rings. The van der Waals surface area contributed by atoms with Crippen LogP contribution in [0.3, 0.4) is 0 Å². The summed E-state index contributed by atoms with van der Waals surface area (Å²) in [5.41, 5.74) is 1.64. The Morgan fingerprint density at radius 2 is 2.06 bits per heavy atom. The van der Waals surface area contributed by atoms with Gasteiger partial charge < -0.3 is 9.76 Å². The van der Waals surface area contributed by atoms with E-state index in [4.69, 9.17) is 0 Å². The fourth-order valence-corrected chi connectivity index (χ4v) is 2.65. The lowest BCUT2D eigenvalue weighted by Gasteiger charge is -1.96. The SMILES string of the molecule is COC(=O)c1sc(-c2ccccc2)cc1BO. The van der Waals surface area contributed by atoms with Gasteiger partial charge in [-0.1, -0.05) is 30.3 Å². The maximum absolute atomic E-state index is 11.5. The first-order valence-corrected chi connectivity index (χ1v) is 5.95. The van der Waals surface area contributed by atoms with Crippen molar-refractivity contribution in [1.29, 1.82) is 0 Å². The molecule has 86 valence electrons. The van der Waals surface area contributed by atoms with E-state index in [1.807, 2.05) is 36.4 Å². The Balaban J connectivity index is 2.45. The van der Waals surface area contributed by atoms with E-state index in [0.717, 1.165) is 10.4 Å². The van der Waals surface area contributed by atoms with Gasteiger partial charge in [0.1, 0.15) is 4.88 Å². The van der Waals surface area contributed by atoms with Crippen molar-refractivity contribution in [2.75, 3.05) is 7.11 Å². The number of hydrogen-bond acceptors (Lipinski definition) is 4. The molecule has 0 bridgehead atoms. The summed E-state index contributed by atoms with van der Waals surface area (Å²) in [4.78, 5) is 12.9. The zero-order valence-electron chi connectivity index (χ0n) is 9.34. The lowest BCUT2D eigenvalue weighted by Crippen LogP contribution is -2.19. The maximum atomic E-state index is 11.5. The van der Waals surface area contributed by atoms with Crippen molar-refractivity contribution >= 4 is 30.3 Å². The van der Waals surface area contributed by atoms with E-state index in [0.29, 0.717) is 10.3 Å². The minimum absolute atomic E-state index is 0.159. The van der Waals surface area contributed by atoms with Gasteiger partial charge in [0.15, 0.2) is 0 Å². The van der Waals surface area contributed by atoms with E-state index in [1.165, 1.54) is 18.4 Å². The minimum Gasteiger partial charge on any atom is -0.465 e. The van der Waals surface area contributed by atoms with Crippen LogP contribution in [-0.2, 0) is 4.74 Å². The Morgan fingerprint density at radius 3 is 2.65 bits per heavy atom. The van der Waals surface area contributed by atoms with Gasteiger partial charge in [0, 0.05) is 4.88 Å². The average Bonchev–Trinajstić information content (AvgIpc) is 2.83. The summed E-state index contributed by atoms with van der Waals surface area (Å²) in [6, 6.07) is 11.6. The lowest BCUT2D eigenvalue weighted by molar-refractivity contribution is 0.0607. The number of methoxy groups -OCH3 is 1. The Morgan fingerprint density at radius 1 is 1.35 bits per heavy atom. The Labute approximate surface area is 104 Å². The van der Waals surface area contributed by atoms with Crippen LogP contribution < -0.4 is 5.46 Å². The Hall–Kier alpha value is -1.59. The van der Waals surface area contributed by atoms with Crippen molar-refractivity contribution in [1.82, 2.24) is 0 Å². The molecule has 17 heavy (non-hydrogen) atoms. The monoisotopic (exact) mass is 246 g/mol. The van der Waals surface area contributed by atoms with Gasteiger partial charge in [0.2, 0.25) is 0 Å². The predicted octanol–water partition coefficient (Wildman–Crippen LogP) is 1.17. The third kappa shape index (κ3) is 2.40. The van der Waals surface area contributed by atoms with Gasteiger partial charge in [-0.2, -0.15) is 0 Å². The summed E-state index contributed by atoms with van der Waals surface area (Å²) in [6.07, 6.45) is 0. The predicted molar refractivity (Wildman–Crippen MR) is 70.1 cm³/mol. The molecule has 0 aliphatic carbocycles. The zero-order valence-corrected chi connectivity index (χ0v) is 10.2.